The average Bonchev–Trinajstić information content (AvgIpc) is 2.53. The van der Waals surface area contributed by atoms with E-state index in [1.165, 1.54) is 0 Å². The summed E-state index contributed by atoms with van der Waals surface area (Å²) in [6, 6.07) is 10.9. The first-order chi connectivity index (χ1) is 11.3. The third-order valence-electron chi connectivity index (χ3n) is 3.33. The molecule has 1 atom stereocenters. The molecule has 4 heteroatoms. The minimum atomic E-state index is -1.03. The van der Waals surface area contributed by atoms with Gasteiger partial charge in [-0.25, -0.2) is 0 Å². The van der Waals surface area contributed by atoms with Crippen LogP contribution in [-0.4, -0.2) is 27.6 Å². The normalized spacial score (nSPS) is 12.0. The van der Waals surface area contributed by atoms with Gasteiger partial charge in [-0.1, -0.05) is 11.8 Å². The van der Waals surface area contributed by atoms with Gasteiger partial charge in [0.05, 0.1) is 0 Å². The Hall–Kier alpha value is -2.64. The number of hydrogen-bond donors (Lipinski definition) is 2. The molecule has 2 rings (SSSR count). The fourth-order valence-electron chi connectivity index (χ4n) is 2.16. The van der Waals surface area contributed by atoms with Gasteiger partial charge in [0.1, 0.15) is 5.60 Å². The molecule has 24 heavy (non-hydrogen) atoms. The van der Waals surface area contributed by atoms with E-state index in [4.69, 9.17) is 0 Å². The monoisotopic (exact) mass is 322 g/mol. The molecule has 2 aromatic rings. The lowest BCUT2D eigenvalue weighted by atomic mass is 10.1. The third kappa shape index (κ3) is 5.86. The summed E-state index contributed by atoms with van der Waals surface area (Å²) < 4.78 is 0. The molecule has 0 aliphatic rings. The van der Waals surface area contributed by atoms with Gasteiger partial charge >= 0.3 is 0 Å². The lowest BCUT2D eigenvalue weighted by molar-refractivity contribution is 0.0940. The van der Waals surface area contributed by atoms with Crippen molar-refractivity contribution >= 4 is 5.91 Å². The molecule has 0 spiro atoms. The largest absolute Gasteiger partial charge is 0.378 e. The van der Waals surface area contributed by atoms with Crippen LogP contribution in [0.1, 0.15) is 42.3 Å². The zero-order valence-corrected chi connectivity index (χ0v) is 14.2. The maximum atomic E-state index is 12.3. The number of rotatable bonds is 4. The molecule has 1 unspecified atom stereocenters. The van der Waals surface area contributed by atoms with E-state index < -0.39 is 5.60 Å². The first-order valence-electron chi connectivity index (χ1n) is 7.89. The van der Waals surface area contributed by atoms with E-state index in [1.807, 2.05) is 19.1 Å². The fraction of sp³-hybridized carbons (Fsp3) is 0.300. The van der Waals surface area contributed by atoms with Gasteiger partial charge in [0.25, 0.3) is 5.91 Å². The number of amides is 1. The van der Waals surface area contributed by atoms with E-state index in [0.29, 0.717) is 5.56 Å². The van der Waals surface area contributed by atoms with Gasteiger partial charge in [0.15, 0.2) is 0 Å². The Morgan fingerprint density at radius 2 is 1.83 bits per heavy atom. The van der Waals surface area contributed by atoms with Gasteiger partial charge < -0.3 is 10.4 Å². The smallest absolute Gasteiger partial charge is 0.251 e. The Labute approximate surface area is 142 Å². The molecular weight excluding hydrogens is 300 g/mol. The van der Waals surface area contributed by atoms with Crippen LogP contribution in [0, 0.1) is 11.8 Å². The van der Waals surface area contributed by atoms with E-state index in [9.17, 15) is 9.90 Å². The second-order valence-corrected chi connectivity index (χ2v) is 6.32. The summed E-state index contributed by atoms with van der Waals surface area (Å²) in [5, 5.41) is 12.6. The Morgan fingerprint density at radius 3 is 2.42 bits per heavy atom. The fourth-order valence-corrected chi connectivity index (χ4v) is 2.16. The maximum absolute atomic E-state index is 12.3. The number of pyridine rings is 1. The SMILES string of the molecule is CC(Cc1ccncc1)NC(=O)c1ccc(C#CC(C)(C)O)cc1. The number of nitrogens with one attached hydrogen (secondary N) is 1. The molecule has 1 aromatic carbocycles. The third-order valence-corrected chi connectivity index (χ3v) is 3.33. The lowest BCUT2D eigenvalue weighted by Gasteiger charge is -2.14. The van der Waals surface area contributed by atoms with Crippen molar-refractivity contribution in [2.24, 2.45) is 0 Å². The summed E-state index contributed by atoms with van der Waals surface area (Å²) >= 11 is 0. The van der Waals surface area contributed by atoms with Gasteiger partial charge in [0.2, 0.25) is 0 Å². The van der Waals surface area contributed by atoms with E-state index in [0.717, 1.165) is 17.5 Å². The second-order valence-electron chi connectivity index (χ2n) is 6.32. The Bertz CT molecular complexity index is 735. The second kappa shape index (κ2) is 7.76. The number of carbonyl (C=O) groups excluding carboxylic acids is 1. The molecule has 1 heterocycles. The zero-order chi connectivity index (χ0) is 17.6. The molecule has 124 valence electrons. The number of aliphatic hydroxyl groups is 1. The van der Waals surface area contributed by atoms with Crippen LogP contribution in [0.15, 0.2) is 48.8 Å². The van der Waals surface area contributed by atoms with Crippen LogP contribution >= 0.6 is 0 Å². The van der Waals surface area contributed by atoms with Crippen LogP contribution < -0.4 is 5.32 Å². The standard InChI is InChI=1S/C20H22N2O2/c1-15(14-17-9-12-21-13-10-17)22-19(23)18-6-4-16(5-7-18)8-11-20(2,3)24/h4-7,9-10,12-13,15,24H,14H2,1-3H3,(H,22,23). The molecule has 0 radical (unpaired) electrons. The van der Waals surface area contributed by atoms with Gasteiger partial charge in [0, 0.05) is 29.6 Å². The van der Waals surface area contributed by atoms with Crippen LogP contribution in [0.5, 0.6) is 0 Å². The van der Waals surface area contributed by atoms with E-state index in [1.54, 1.807) is 50.5 Å². The van der Waals surface area contributed by atoms with Crippen LogP contribution in [0.4, 0.5) is 0 Å². The highest BCUT2D eigenvalue weighted by atomic mass is 16.3. The van der Waals surface area contributed by atoms with Crippen LogP contribution in [0.2, 0.25) is 0 Å². The molecule has 0 bridgehead atoms. The summed E-state index contributed by atoms with van der Waals surface area (Å²) in [4.78, 5) is 16.3. The molecule has 4 nitrogen and oxygen atoms in total. The number of carbonyl (C=O) groups is 1. The van der Waals surface area contributed by atoms with E-state index in [-0.39, 0.29) is 11.9 Å². The Morgan fingerprint density at radius 1 is 1.21 bits per heavy atom. The average molecular weight is 322 g/mol. The van der Waals surface area contributed by atoms with Crippen molar-refractivity contribution in [1.82, 2.24) is 10.3 Å². The molecule has 0 aliphatic carbocycles. The van der Waals surface area contributed by atoms with Gasteiger partial charge in [-0.2, -0.15) is 0 Å². The predicted molar refractivity (Wildman–Crippen MR) is 94.5 cm³/mol. The molecule has 1 amide bonds. The zero-order valence-electron chi connectivity index (χ0n) is 14.2. The Kier molecular flexibility index (Phi) is 5.73. The highest BCUT2D eigenvalue weighted by Gasteiger charge is 2.10. The summed E-state index contributed by atoms with van der Waals surface area (Å²) in [7, 11) is 0. The molecule has 0 saturated heterocycles. The summed E-state index contributed by atoms with van der Waals surface area (Å²) in [5.74, 6) is 5.52. The van der Waals surface area contributed by atoms with Crippen molar-refractivity contribution in [1.29, 1.82) is 0 Å². The predicted octanol–water partition coefficient (Wildman–Crippen LogP) is 2.57. The quantitative estimate of drug-likeness (QED) is 0.851. The number of hydrogen-bond acceptors (Lipinski definition) is 3. The van der Waals surface area contributed by atoms with Crippen LogP contribution in [0.3, 0.4) is 0 Å². The number of benzene rings is 1. The molecule has 0 saturated carbocycles. The maximum Gasteiger partial charge on any atom is 0.251 e. The Balaban J connectivity index is 1.96. The van der Waals surface area contributed by atoms with Crippen molar-refractivity contribution in [3.05, 3.63) is 65.5 Å². The van der Waals surface area contributed by atoms with Crippen LogP contribution in [0.25, 0.3) is 0 Å². The van der Waals surface area contributed by atoms with Crippen LogP contribution in [-0.2, 0) is 6.42 Å². The minimum Gasteiger partial charge on any atom is -0.378 e. The van der Waals surface area contributed by atoms with Gasteiger partial charge in [-0.3, -0.25) is 9.78 Å². The van der Waals surface area contributed by atoms with E-state index >= 15 is 0 Å². The molecule has 1 aromatic heterocycles. The van der Waals surface area contributed by atoms with Crippen molar-refractivity contribution < 1.29 is 9.90 Å². The highest BCUT2D eigenvalue weighted by Crippen LogP contribution is 2.07. The number of nitrogens with zero attached hydrogens (tertiary/aromatic N) is 1. The van der Waals surface area contributed by atoms with Gasteiger partial charge in [-0.15, -0.1) is 0 Å². The molecule has 2 N–H and O–H groups in total. The summed E-state index contributed by atoms with van der Waals surface area (Å²) in [5.41, 5.74) is 1.46. The topological polar surface area (TPSA) is 62.2 Å². The molecule has 0 fully saturated rings. The minimum absolute atomic E-state index is 0.0227. The molecular formula is C20H22N2O2. The first kappa shape index (κ1) is 17.7. The van der Waals surface area contributed by atoms with Crippen molar-refractivity contribution in [3.63, 3.8) is 0 Å². The molecule has 0 aliphatic heterocycles. The van der Waals surface area contributed by atoms with Crippen molar-refractivity contribution in [2.45, 2.75) is 38.8 Å². The first-order valence-corrected chi connectivity index (χ1v) is 7.89. The summed E-state index contributed by atoms with van der Waals surface area (Å²) in [6.45, 7) is 5.24. The van der Waals surface area contributed by atoms with Crippen molar-refractivity contribution in [2.75, 3.05) is 0 Å². The van der Waals surface area contributed by atoms with Gasteiger partial charge in [-0.05, 0) is 69.2 Å². The highest BCUT2D eigenvalue weighted by molar-refractivity contribution is 5.94. The van der Waals surface area contributed by atoms with Crippen molar-refractivity contribution in [3.8, 4) is 11.8 Å². The summed E-state index contributed by atoms with van der Waals surface area (Å²) in [6.07, 6.45) is 4.25. The number of aromatic nitrogens is 1. The lowest BCUT2D eigenvalue weighted by Crippen LogP contribution is -2.34. The van der Waals surface area contributed by atoms with E-state index in [2.05, 4.69) is 22.1 Å².